The fraction of sp³-hybridized carbons (Fsp3) is 0.978. The van der Waals surface area contributed by atoms with Gasteiger partial charge in [-0.3, -0.25) is 4.79 Å². The molecular formula is C46H92N2O29S4. The van der Waals surface area contributed by atoms with Crippen molar-refractivity contribution in [1.29, 1.82) is 0 Å². The highest BCUT2D eigenvalue weighted by Gasteiger charge is 2.48. The minimum Gasteiger partial charge on any atom is -0.394 e. The largest absolute Gasteiger partial charge is 0.394 e. The summed E-state index contributed by atoms with van der Waals surface area (Å²) in [4.78, 5) is 11.1. The summed E-state index contributed by atoms with van der Waals surface area (Å²) in [6, 6.07) is -1.69. The van der Waals surface area contributed by atoms with Crippen molar-refractivity contribution in [1.82, 2.24) is 5.32 Å². The molecule has 5 fully saturated rings. The molecule has 0 radical (unpaired) electrons. The van der Waals surface area contributed by atoms with Gasteiger partial charge < -0.3 is 150 Å². The number of ether oxygens (including phenoxy) is 10. The zero-order valence-electron chi connectivity index (χ0n) is 45.1. The van der Waals surface area contributed by atoms with Crippen LogP contribution in [0.4, 0.5) is 0 Å². The number of aliphatic hydroxyl groups is 18. The Morgan fingerprint density at radius 3 is 0.988 bits per heavy atom. The molecule has 5 heterocycles. The number of rotatable bonds is 24. The van der Waals surface area contributed by atoms with Gasteiger partial charge in [-0.15, -0.1) is 0 Å². The van der Waals surface area contributed by atoms with Gasteiger partial charge in [0, 0.05) is 36.5 Å². The molecule has 10 unspecified atom stereocenters. The van der Waals surface area contributed by atoms with E-state index < -0.39 is 180 Å². The second-order valence-electron chi connectivity index (χ2n) is 18.6. The van der Waals surface area contributed by atoms with Crippen molar-refractivity contribution >= 4 is 56.4 Å². The Kier molecular flexibility index (Phi) is 42.1. The van der Waals surface area contributed by atoms with Crippen LogP contribution in [-0.2, 0) is 52.2 Å². The normalized spacial score (nSPS) is 39.5. The maximum absolute atomic E-state index is 11.1. The summed E-state index contributed by atoms with van der Waals surface area (Å²) in [5, 5.41) is 171. The Morgan fingerprint density at radius 2 is 0.679 bits per heavy atom. The summed E-state index contributed by atoms with van der Waals surface area (Å²) in [5.74, 6) is 1.38. The number of aliphatic hydroxyl groups excluding tert-OH is 18. The van der Waals surface area contributed by atoms with Gasteiger partial charge in [0.05, 0.1) is 65.5 Å². The molecule has 0 aromatic rings. The predicted octanol–water partition coefficient (Wildman–Crippen LogP) is -9.58. The number of nitrogens with one attached hydrogen (secondary N) is 1. The van der Waals surface area contributed by atoms with E-state index in [2.05, 4.69) is 62.8 Å². The molecule has 1 amide bonds. The van der Waals surface area contributed by atoms with Crippen molar-refractivity contribution in [3.8, 4) is 0 Å². The van der Waals surface area contributed by atoms with E-state index in [4.69, 9.17) is 78.6 Å². The molecule has 0 aliphatic carbocycles. The maximum Gasteiger partial charge on any atom is 0.217 e. The summed E-state index contributed by atoms with van der Waals surface area (Å²) in [6.45, 7) is 2.71. The molecule has 81 heavy (non-hydrogen) atoms. The number of nitrogens with two attached hydrogens (primary N) is 1. The van der Waals surface area contributed by atoms with Crippen LogP contribution >= 0.6 is 50.5 Å². The summed E-state index contributed by atoms with van der Waals surface area (Å²) in [6.07, 6.45) is -22.2. The molecule has 0 aromatic heterocycles. The summed E-state index contributed by atoms with van der Waals surface area (Å²) in [7, 11) is 0. The first kappa shape index (κ1) is 78.7. The molecule has 25 atom stereocenters. The van der Waals surface area contributed by atoms with Crippen LogP contribution in [0.25, 0.3) is 0 Å². The van der Waals surface area contributed by atoms with Gasteiger partial charge in [0.25, 0.3) is 0 Å². The first-order chi connectivity index (χ1) is 38.5. The third-order valence-electron chi connectivity index (χ3n) is 12.5. The highest BCUT2D eigenvalue weighted by atomic mass is 32.1. The monoisotopic (exact) mass is 1260 g/mol. The van der Waals surface area contributed by atoms with Crippen LogP contribution in [0.15, 0.2) is 0 Å². The number of amides is 1. The van der Waals surface area contributed by atoms with Crippen molar-refractivity contribution < 1.29 is 144 Å². The van der Waals surface area contributed by atoms with Gasteiger partial charge in [-0.1, -0.05) is 26.2 Å². The lowest BCUT2D eigenvalue weighted by molar-refractivity contribution is -0.299. The molecule has 0 saturated carbocycles. The third kappa shape index (κ3) is 25.8. The van der Waals surface area contributed by atoms with Crippen LogP contribution in [0.1, 0.15) is 39.5 Å². The smallest absolute Gasteiger partial charge is 0.217 e. The maximum atomic E-state index is 11.1. The Hall–Kier alpha value is -0.290. The molecular weight excluding hydrogens is 1170 g/mol. The molecule has 5 aliphatic heterocycles. The number of thiol groups is 4. The fourth-order valence-corrected chi connectivity index (χ4v) is 8.31. The van der Waals surface area contributed by atoms with Crippen molar-refractivity contribution in [2.75, 3.05) is 89.1 Å². The Labute approximate surface area is 491 Å². The minimum atomic E-state index is -1.39. The summed E-state index contributed by atoms with van der Waals surface area (Å²) < 4.78 is 51.8. The zero-order valence-corrected chi connectivity index (χ0v) is 48.6. The van der Waals surface area contributed by atoms with Crippen LogP contribution in [0.2, 0.25) is 0 Å². The van der Waals surface area contributed by atoms with Crippen LogP contribution in [0, 0.1) is 0 Å². The van der Waals surface area contributed by atoms with Gasteiger partial charge >= 0.3 is 0 Å². The first-order valence-corrected chi connectivity index (χ1v) is 28.7. The Balaban J connectivity index is 0.000000508. The molecule has 5 saturated heterocycles. The first-order valence-electron chi connectivity index (χ1n) is 26.2. The van der Waals surface area contributed by atoms with Crippen LogP contribution < -0.4 is 11.1 Å². The molecule has 5 aliphatic rings. The molecule has 31 nitrogen and oxygen atoms in total. The second-order valence-corrected chi connectivity index (χ2v) is 20.4. The van der Waals surface area contributed by atoms with Crippen molar-refractivity contribution in [3.63, 3.8) is 0 Å². The lowest BCUT2D eigenvalue weighted by Crippen LogP contribution is -2.64. The minimum absolute atomic E-state index is 0.242. The van der Waals surface area contributed by atoms with Gasteiger partial charge in [-0.05, 0) is 6.42 Å². The van der Waals surface area contributed by atoms with E-state index in [1.165, 1.54) is 6.92 Å². The van der Waals surface area contributed by atoms with E-state index >= 15 is 0 Å². The quantitative estimate of drug-likeness (QED) is 0.0315. The van der Waals surface area contributed by atoms with Crippen molar-refractivity contribution in [2.45, 2.75) is 193 Å². The average Bonchev–Trinajstić information content (AvgIpc) is 3.46. The predicted molar refractivity (Wildman–Crippen MR) is 292 cm³/mol. The zero-order chi connectivity index (χ0) is 61.5. The standard InChI is InChI=1S/C12H25NO5.C10H19NO6S.3C8H16O6S/c1-2-3-4-5-6-17-12-9(13)11(16)10(15)8(7-14)18-12;1-5(13)11-7-9(15)8(14)6(4-12)17-10(7)16-2-3-18;3*9-3-4-5(10)6(11)7(12)8(14-4)13-1-2-15/h8-12,14-16H,2-7,13H2,1H3;6-10,12,14-15,18H,2-4H2,1H3,(H,11,13);3*4-12,15H,1-3H2/t8?,9?,10-,11-,12-;6?,7?,8-,9-,10-;4?,5-,6+,7?,8+;4?,5-,6+,7?,8-;4?,5-,6-,7?,8-/m11110/s1. The number of hydrogen-bond acceptors (Lipinski definition) is 34. The Morgan fingerprint density at radius 1 is 0.395 bits per heavy atom. The molecule has 484 valence electrons. The number of unbranched alkanes of at least 4 members (excludes halogenated alkanes) is 3. The average molecular weight is 1270 g/mol. The van der Waals surface area contributed by atoms with Gasteiger partial charge in [-0.2, -0.15) is 50.5 Å². The van der Waals surface area contributed by atoms with E-state index in [1.54, 1.807) is 0 Å². The summed E-state index contributed by atoms with van der Waals surface area (Å²) >= 11 is 15.7. The molecule has 0 bridgehead atoms. The molecule has 35 heteroatoms. The van der Waals surface area contributed by atoms with E-state index in [0.29, 0.717) is 29.6 Å². The van der Waals surface area contributed by atoms with Crippen molar-refractivity contribution in [3.05, 3.63) is 0 Å². The molecule has 5 rings (SSSR count). The number of carbonyl (C=O) groups excluding carboxylic acids is 1. The van der Waals surface area contributed by atoms with Gasteiger partial charge in [0.15, 0.2) is 31.5 Å². The summed E-state index contributed by atoms with van der Waals surface area (Å²) in [5.41, 5.74) is 5.73. The fourth-order valence-electron chi connectivity index (χ4n) is 7.89. The van der Waals surface area contributed by atoms with Gasteiger partial charge in [-0.25, -0.2) is 0 Å². The van der Waals surface area contributed by atoms with E-state index in [-0.39, 0.29) is 38.9 Å². The molecule has 0 aromatic carbocycles. The molecule has 0 spiro atoms. The van der Waals surface area contributed by atoms with Crippen LogP contribution in [0.3, 0.4) is 0 Å². The van der Waals surface area contributed by atoms with Crippen LogP contribution in [-0.4, -0.2) is 340 Å². The second kappa shape index (κ2) is 43.4. The van der Waals surface area contributed by atoms with E-state index in [0.717, 1.165) is 25.7 Å². The lowest BCUT2D eigenvalue weighted by Gasteiger charge is -2.42. The van der Waals surface area contributed by atoms with Crippen LogP contribution in [0.5, 0.6) is 0 Å². The molecule has 21 N–H and O–H groups in total. The van der Waals surface area contributed by atoms with E-state index in [9.17, 15) is 71.2 Å². The SMILES string of the molecule is CC(=O)NC1[C@H](OCCS)OC(CO)[C@@H](O)[C@@H]1O.CCCCCCO[C@@H]1OC(CO)[C@@H](O)[C@H](O)C1N.OCC1O[C@@H](OCCS)C(O)[C@@H](O)[C@@H]1O.OCC1O[C@H](OCCS)C(O)[C@@H](O)[C@@H]1O.OCC1O[C@H](OCCS)C(O)[C@@H](O)[C@H]1O. The van der Waals surface area contributed by atoms with E-state index in [1.807, 2.05) is 0 Å². The topological polar surface area (TPSA) is 512 Å². The van der Waals surface area contributed by atoms with Crippen molar-refractivity contribution in [2.24, 2.45) is 5.73 Å². The number of carbonyl (C=O) groups is 1. The number of hydrogen-bond donors (Lipinski definition) is 24. The highest BCUT2D eigenvalue weighted by molar-refractivity contribution is 7.80. The van der Waals surface area contributed by atoms with Gasteiger partial charge in [0.2, 0.25) is 5.91 Å². The highest BCUT2D eigenvalue weighted by Crippen LogP contribution is 2.26. The van der Waals surface area contributed by atoms with Gasteiger partial charge in [0.1, 0.15) is 116 Å². The Bertz CT molecular complexity index is 1490. The third-order valence-corrected chi connectivity index (χ3v) is 13.2. The lowest BCUT2D eigenvalue weighted by atomic mass is 9.97.